The number of halogens is 3. The van der Waals surface area contributed by atoms with Gasteiger partial charge in [0.15, 0.2) is 0 Å². The first kappa shape index (κ1) is 19.2. The van der Waals surface area contributed by atoms with Gasteiger partial charge in [-0.25, -0.2) is 0 Å². The van der Waals surface area contributed by atoms with Gasteiger partial charge in [-0.2, -0.15) is 13.2 Å². The van der Waals surface area contributed by atoms with Gasteiger partial charge in [0, 0.05) is 26.7 Å². The summed E-state index contributed by atoms with van der Waals surface area (Å²) in [7, 11) is 1.73. The van der Waals surface area contributed by atoms with Crippen molar-refractivity contribution in [2.24, 2.45) is 0 Å². The molecule has 4 nitrogen and oxygen atoms in total. The van der Waals surface area contributed by atoms with Crippen molar-refractivity contribution in [2.45, 2.75) is 50.1 Å². The third-order valence-corrected chi connectivity index (χ3v) is 5.48. The van der Waals surface area contributed by atoms with Crippen molar-refractivity contribution >= 4 is 5.91 Å². The van der Waals surface area contributed by atoms with Gasteiger partial charge >= 0.3 is 6.18 Å². The lowest BCUT2D eigenvalue weighted by atomic mass is 9.87. The molecule has 0 aromatic heterocycles. The Morgan fingerprint density at radius 1 is 1.23 bits per heavy atom. The fraction of sp³-hybridized carbons (Fsp3) is 0.632. The molecule has 0 saturated carbocycles. The van der Waals surface area contributed by atoms with Crippen LogP contribution in [-0.2, 0) is 16.0 Å². The molecule has 7 heteroatoms. The van der Waals surface area contributed by atoms with E-state index in [1.54, 1.807) is 49.2 Å². The summed E-state index contributed by atoms with van der Waals surface area (Å²) < 4.78 is 47.0. The highest BCUT2D eigenvalue weighted by atomic mass is 19.4. The molecule has 1 aromatic carbocycles. The Morgan fingerprint density at radius 3 is 2.38 bits per heavy atom. The van der Waals surface area contributed by atoms with E-state index in [0.717, 1.165) is 0 Å². The molecule has 0 bridgehead atoms. The summed E-state index contributed by atoms with van der Waals surface area (Å²) in [5.74, 6) is -0.0738. The first-order valence-corrected chi connectivity index (χ1v) is 8.98. The number of hydrogen-bond donors (Lipinski definition) is 0. The van der Waals surface area contributed by atoms with E-state index in [4.69, 9.17) is 4.74 Å². The highest BCUT2D eigenvalue weighted by molar-refractivity contribution is 5.81. The quantitative estimate of drug-likeness (QED) is 0.820. The third kappa shape index (κ3) is 4.04. The summed E-state index contributed by atoms with van der Waals surface area (Å²) in [6.07, 6.45) is -3.88. The number of benzene rings is 1. The second-order valence-corrected chi connectivity index (χ2v) is 7.42. The lowest BCUT2D eigenvalue weighted by molar-refractivity contribution is -0.208. The smallest absolute Gasteiger partial charge is 0.360 e. The van der Waals surface area contributed by atoms with E-state index >= 15 is 0 Å². The number of carbonyl (C=O) groups excluding carboxylic acids is 1. The van der Waals surface area contributed by atoms with Gasteiger partial charge in [-0.05, 0) is 31.7 Å². The highest BCUT2D eigenvalue weighted by Crippen LogP contribution is 2.36. The van der Waals surface area contributed by atoms with Gasteiger partial charge in [0.1, 0.15) is 12.1 Å². The van der Waals surface area contributed by atoms with Crippen LogP contribution in [0.1, 0.15) is 25.3 Å². The monoisotopic (exact) mass is 370 g/mol. The molecule has 2 fully saturated rings. The van der Waals surface area contributed by atoms with Crippen molar-refractivity contribution in [3.63, 3.8) is 0 Å². The summed E-state index contributed by atoms with van der Waals surface area (Å²) >= 11 is 0. The lowest BCUT2D eigenvalue weighted by Gasteiger charge is -2.49. The van der Waals surface area contributed by atoms with E-state index in [0.29, 0.717) is 38.0 Å². The number of morpholine rings is 1. The number of rotatable bonds is 3. The number of likely N-dealkylation sites (tertiary alicyclic amines) is 1. The van der Waals surface area contributed by atoms with Crippen molar-refractivity contribution in [3.05, 3.63) is 35.9 Å². The largest absolute Gasteiger partial charge is 0.404 e. The maximum Gasteiger partial charge on any atom is 0.404 e. The van der Waals surface area contributed by atoms with Crippen molar-refractivity contribution < 1.29 is 22.7 Å². The second-order valence-electron chi connectivity index (χ2n) is 7.42. The van der Waals surface area contributed by atoms with Gasteiger partial charge in [0.2, 0.25) is 0 Å². The Hall–Kier alpha value is -1.60. The van der Waals surface area contributed by atoms with Crippen molar-refractivity contribution in [3.8, 4) is 0 Å². The molecule has 144 valence electrons. The summed E-state index contributed by atoms with van der Waals surface area (Å²) in [6.45, 7) is 2.77. The van der Waals surface area contributed by atoms with Gasteiger partial charge in [0.25, 0.3) is 5.91 Å². The third-order valence-electron chi connectivity index (χ3n) is 5.48. The van der Waals surface area contributed by atoms with Gasteiger partial charge in [-0.3, -0.25) is 9.69 Å². The van der Waals surface area contributed by atoms with E-state index in [1.807, 2.05) is 0 Å². The number of hydrogen-bond acceptors (Lipinski definition) is 3. The molecule has 1 spiro atoms. The Labute approximate surface area is 151 Å². The molecule has 2 atom stereocenters. The standard InChI is InChI=1S/C19H25F3N2O2/c1-14-17(25)23(2)13-18(26-14)8-10-24(11-9-18)16(19(20,21)22)12-15-6-4-3-5-7-15/h3-7,14,16H,8-13H2,1-2H3/t14-,16?/m1/s1. The van der Waals surface area contributed by atoms with Crippen LogP contribution in [-0.4, -0.2) is 66.3 Å². The Bertz CT molecular complexity index is 611. The molecule has 0 radical (unpaired) electrons. The maximum absolute atomic E-state index is 13.7. The molecule has 0 N–H and O–H groups in total. The van der Waals surface area contributed by atoms with Gasteiger partial charge in [0.05, 0.1) is 5.60 Å². The minimum atomic E-state index is -4.28. The first-order chi connectivity index (χ1) is 12.2. The normalized spacial score (nSPS) is 25.5. The molecule has 1 amide bonds. The molecule has 3 rings (SSSR count). The van der Waals surface area contributed by atoms with E-state index in [-0.39, 0.29) is 12.3 Å². The minimum absolute atomic E-state index is 0.0486. The molecular weight excluding hydrogens is 345 g/mol. The van der Waals surface area contributed by atoms with Gasteiger partial charge in [-0.15, -0.1) is 0 Å². The molecule has 2 aliphatic rings. The van der Waals surface area contributed by atoms with Crippen molar-refractivity contribution in [1.82, 2.24) is 9.80 Å². The van der Waals surface area contributed by atoms with E-state index in [2.05, 4.69) is 0 Å². The summed E-state index contributed by atoms with van der Waals surface area (Å²) in [5.41, 5.74) is 0.157. The second kappa shape index (κ2) is 7.19. The van der Waals surface area contributed by atoms with E-state index < -0.39 is 23.9 Å². The zero-order valence-electron chi connectivity index (χ0n) is 15.1. The molecule has 2 heterocycles. The van der Waals surface area contributed by atoms with Crippen molar-refractivity contribution in [2.75, 3.05) is 26.7 Å². The summed E-state index contributed by atoms with van der Waals surface area (Å²) in [5, 5.41) is 0. The average molecular weight is 370 g/mol. The maximum atomic E-state index is 13.7. The number of likely N-dealkylation sites (N-methyl/N-ethyl adjacent to an activating group) is 1. The number of alkyl halides is 3. The van der Waals surface area contributed by atoms with Crippen LogP contribution in [0, 0.1) is 0 Å². The molecule has 2 saturated heterocycles. The van der Waals surface area contributed by atoms with Crippen LogP contribution in [0.5, 0.6) is 0 Å². The fourth-order valence-electron chi connectivity index (χ4n) is 4.09. The van der Waals surface area contributed by atoms with Crippen LogP contribution >= 0.6 is 0 Å². The topological polar surface area (TPSA) is 32.8 Å². The number of ether oxygens (including phenoxy) is 1. The number of carbonyl (C=O) groups is 1. The van der Waals surface area contributed by atoms with Crippen LogP contribution < -0.4 is 0 Å². The Kier molecular flexibility index (Phi) is 5.30. The minimum Gasteiger partial charge on any atom is -0.360 e. The zero-order valence-corrected chi connectivity index (χ0v) is 15.1. The lowest BCUT2D eigenvalue weighted by Crippen LogP contribution is -2.62. The Morgan fingerprint density at radius 2 is 1.85 bits per heavy atom. The van der Waals surface area contributed by atoms with Crippen molar-refractivity contribution in [1.29, 1.82) is 0 Å². The molecule has 1 aromatic rings. The number of piperidine rings is 1. The summed E-state index contributed by atoms with van der Waals surface area (Å²) in [6, 6.07) is 7.29. The van der Waals surface area contributed by atoms with E-state index in [1.165, 1.54) is 4.90 Å². The van der Waals surface area contributed by atoms with Crippen LogP contribution in [0.25, 0.3) is 0 Å². The molecule has 0 aliphatic carbocycles. The fourth-order valence-corrected chi connectivity index (χ4v) is 4.09. The average Bonchev–Trinajstić information content (AvgIpc) is 2.59. The first-order valence-electron chi connectivity index (χ1n) is 8.98. The molecular formula is C19H25F3N2O2. The number of nitrogens with zero attached hydrogens (tertiary/aromatic N) is 2. The van der Waals surface area contributed by atoms with Crippen LogP contribution in [0.3, 0.4) is 0 Å². The SMILES string of the molecule is C[C@H]1OC2(CCN(C(Cc3ccccc3)C(F)(F)F)CC2)CN(C)C1=O. The molecule has 1 unspecified atom stereocenters. The van der Waals surface area contributed by atoms with Crippen LogP contribution in [0.2, 0.25) is 0 Å². The summed E-state index contributed by atoms with van der Waals surface area (Å²) in [4.78, 5) is 15.1. The highest BCUT2D eigenvalue weighted by Gasteiger charge is 2.49. The van der Waals surface area contributed by atoms with E-state index in [9.17, 15) is 18.0 Å². The van der Waals surface area contributed by atoms with Crippen LogP contribution in [0.15, 0.2) is 30.3 Å². The predicted octanol–water partition coefficient (Wildman–Crippen LogP) is 2.87. The number of amides is 1. The van der Waals surface area contributed by atoms with Gasteiger partial charge < -0.3 is 9.64 Å². The van der Waals surface area contributed by atoms with Gasteiger partial charge in [-0.1, -0.05) is 30.3 Å². The molecule has 2 aliphatic heterocycles. The molecule has 26 heavy (non-hydrogen) atoms. The zero-order chi connectivity index (χ0) is 18.9. The van der Waals surface area contributed by atoms with Crippen LogP contribution in [0.4, 0.5) is 13.2 Å². The predicted molar refractivity (Wildman–Crippen MR) is 91.7 cm³/mol. The Balaban J connectivity index is 1.69.